The van der Waals surface area contributed by atoms with Gasteiger partial charge in [0.25, 0.3) is 5.69 Å². The van der Waals surface area contributed by atoms with E-state index in [-0.39, 0.29) is 16.9 Å². The van der Waals surface area contributed by atoms with E-state index >= 15 is 0 Å². The number of carboxylic acid groups (broad SMARTS) is 1. The van der Waals surface area contributed by atoms with Gasteiger partial charge in [-0.25, -0.2) is 4.79 Å². The van der Waals surface area contributed by atoms with Crippen LogP contribution in [0.3, 0.4) is 0 Å². The van der Waals surface area contributed by atoms with E-state index < -0.39 is 10.9 Å². The maximum atomic E-state index is 11.9. The fraction of sp³-hybridized carbons (Fsp3) is 0.143. The maximum absolute atomic E-state index is 11.9. The van der Waals surface area contributed by atoms with E-state index in [1.54, 1.807) is 16.7 Å². The minimum Gasteiger partial charge on any atom is -0.478 e. The molecule has 142 valence electrons. The number of carbonyl (C=O) groups excluding carboxylic acids is 1. The van der Waals surface area contributed by atoms with Gasteiger partial charge in [-0.3, -0.25) is 14.9 Å². The van der Waals surface area contributed by atoms with Gasteiger partial charge in [0.15, 0.2) is 6.29 Å². The Morgan fingerprint density at radius 3 is 2.29 bits per heavy atom. The summed E-state index contributed by atoms with van der Waals surface area (Å²) in [4.78, 5) is 34.2. The van der Waals surface area contributed by atoms with Crippen molar-refractivity contribution in [2.24, 2.45) is 0 Å². The molecule has 0 aliphatic heterocycles. The average molecular weight is 378 g/mol. The molecule has 0 saturated carbocycles. The van der Waals surface area contributed by atoms with E-state index in [1.807, 2.05) is 37.3 Å². The number of nitrogens with zero attached hydrogens (tertiary/aromatic N) is 2. The van der Waals surface area contributed by atoms with Gasteiger partial charge in [0.1, 0.15) is 0 Å². The predicted octanol–water partition coefficient (Wildman–Crippen LogP) is 4.18. The normalized spacial score (nSPS) is 10.6. The van der Waals surface area contributed by atoms with Crippen LogP contribution in [0.1, 0.15) is 38.9 Å². The third-order valence-corrected chi connectivity index (χ3v) is 4.62. The topological polar surface area (TPSA) is 102 Å². The van der Waals surface area contributed by atoms with Crippen molar-refractivity contribution in [3.8, 4) is 11.3 Å². The molecule has 0 fully saturated rings. The molecule has 0 atom stereocenters. The van der Waals surface area contributed by atoms with Crippen LogP contribution < -0.4 is 0 Å². The van der Waals surface area contributed by atoms with Crippen LogP contribution in [0.4, 0.5) is 5.69 Å². The first-order valence-electron chi connectivity index (χ1n) is 8.70. The first-order chi connectivity index (χ1) is 13.5. The summed E-state index contributed by atoms with van der Waals surface area (Å²) < 4.78 is 1.67. The minimum atomic E-state index is -1.17. The number of nitro groups is 1. The number of benzene rings is 2. The smallest absolute Gasteiger partial charge is 0.338 e. The highest BCUT2D eigenvalue weighted by Crippen LogP contribution is 2.33. The van der Waals surface area contributed by atoms with Crippen LogP contribution in [-0.4, -0.2) is 26.9 Å². The number of rotatable bonds is 7. The molecule has 28 heavy (non-hydrogen) atoms. The second-order valence-electron chi connectivity index (χ2n) is 6.24. The second-order valence-corrected chi connectivity index (χ2v) is 6.24. The molecule has 7 nitrogen and oxygen atoms in total. The summed E-state index contributed by atoms with van der Waals surface area (Å²) in [5.41, 5.74) is 2.64. The van der Waals surface area contributed by atoms with Crippen LogP contribution >= 0.6 is 0 Å². The van der Waals surface area contributed by atoms with Gasteiger partial charge >= 0.3 is 5.97 Å². The molecule has 0 unspecified atom stereocenters. The Bertz CT molecular complexity index is 1040. The van der Waals surface area contributed by atoms with Crippen LogP contribution in [0.5, 0.6) is 0 Å². The lowest BCUT2D eigenvalue weighted by Gasteiger charge is -2.13. The zero-order valence-electron chi connectivity index (χ0n) is 15.2. The molecule has 1 aromatic heterocycles. The van der Waals surface area contributed by atoms with Gasteiger partial charge in [0, 0.05) is 18.7 Å². The van der Waals surface area contributed by atoms with E-state index in [0.717, 1.165) is 5.56 Å². The number of nitro benzene ring substituents is 1. The van der Waals surface area contributed by atoms with Gasteiger partial charge in [0.05, 0.1) is 21.9 Å². The number of carbonyl (C=O) groups is 2. The van der Waals surface area contributed by atoms with Gasteiger partial charge in [0.2, 0.25) is 0 Å². The highest BCUT2D eigenvalue weighted by Gasteiger charge is 2.27. The first-order valence-corrected chi connectivity index (χ1v) is 8.70. The van der Waals surface area contributed by atoms with E-state index in [1.165, 1.54) is 12.1 Å². The summed E-state index contributed by atoms with van der Waals surface area (Å²) in [6, 6.07) is 15.3. The number of non-ortho nitro benzene ring substituents is 1. The number of aromatic nitrogens is 1. The Morgan fingerprint density at radius 2 is 1.79 bits per heavy atom. The van der Waals surface area contributed by atoms with Crippen molar-refractivity contribution >= 4 is 17.9 Å². The van der Waals surface area contributed by atoms with Gasteiger partial charge in [-0.1, -0.05) is 37.3 Å². The average Bonchev–Trinajstić information content (AvgIpc) is 3.02. The number of aromatic carboxylic acids is 1. The van der Waals surface area contributed by atoms with Gasteiger partial charge in [-0.15, -0.1) is 0 Å². The van der Waals surface area contributed by atoms with E-state index in [9.17, 15) is 24.8 Å². The van der Waals surface area contributed by atoms with Crippen molar-refractivity contribution in [3.05, 3.63) is 87.1 Å². The lowest BCUT2D eigenvalue weighted by molar-refractivity contribution is -0.384. The Hall–Kier alpha value is -3.74. The quantitative estimate of drug-likeness (QED) is 0.377. The Balaban J connectivity index is 2.27. The van der Waals surface area contributed by atoms with Crippen LogP contribution in [0.2, 0.25) is 0 Å². The second kappa shape index (κ2) is 7.87. The van der Waals surface area contributed by atoms with Gasteiger partial charge < -0.3 is 9.67 Å². The molecule has 0 aliphatic rings. The van der Waals surface area contributed by atoms with Gasteiger partial charge in [-0.05, 0) is 35.2 Å². The number of hydrogen-bond donors (Lipinski definition) is 1. The van der Waals surface area contributed by atoms with Crippen LogP contribution in [0.25, 0.3) is 11.3 Å². The highest BCUT2D eigenvalue weighted by molar-refractivity contribution is 6.00. The molecule has 1 N–H and O–H groups in total. The van der Waals surface area contributed by atoms with E-state index in [4.69, 9.17) is 0 Å². The molecule has 0 aliphatic carbocycles. The summed E-state index contributed by atoms with van der Waals surface area (Å²) in [7, 11) is 0. The van der Waals surface area contributed by atoms with Crippen molar-refractivity contribution in [3.63, 3.8) is 0 Å². The molecule has 0 spiro atoms. The summed E-state index contributed by atoms with van der Waals surface area (Å²) in [6.45, 7) is 2.12. The van der Waals surface area contributed by atoms with Crippen LogP contribution in [0.15, 0.2) is 54.6 Å². The molecule has 0 bridgehead atoms. The molecule has 2 aromatic carbocycles. The SMILES string of the molecule is CCc1c(C(=O)O)c(C=O)n(Cc2ccccc2)c1-c1ccc([N+](=O)[O-])cc1. The Morgan fingerprint density at radius 1 is 1.14 bits per heavy atom. The summed E-state index contributed by atoms with van der Waals surface area (Å²) in [6.07, 6.45) is 0.955. The number of aldehydes is 1. The monoisotopic (exact) mass is 378 g/mol. The lowest BCUT2D eigenvalue weighted by Crippen LogP contribution is -2.08. The zero-order valence-corrected chi connectivity index (χ0v) is 15.2. The largest absolute Gasteiger partial charge is 0.478 e. The first kappa shape index (κ1) is 19.0. The van der Waals surface area contributed by atoms with E-state index in [2.05, 4.69) is 0 Å². The van der Waals surface area contributed by atoms with Crippen LogP contribution in [0, 0.1) is 10.1 Å². The van der Waals surface area contributed by atoms with Crippen molar-refractivity contribution < 1.29 is 19.6 Å². The third kappa shape index (κ3) is 3.42. The molecule has 0 radical (unpaired) electrons. The van der Waals surface area contributed by atoms with Crippen molar-refractivity contribution in [1.82, 2.24) is 4.57 Å². The summed E-state index contributed by atoms with van der Waals surface area (Å²) in [5, 5.41) is 20.7. The van der Waals surface area contributed by atoms with Crippen LogP contribution in [-0.2, 0) is 13.0 Å². The predicted molar refractivity (Wildman–Crippen MR) is 104 cm³/mol. The molecule has 0 amide bonds. The summed E-state index contributed by atoms with van der Waals surface area (Å²) >= 11 is 0. The highest BCUT2D eigenvalue weighted by atomic mass is 16.6. The molecule has 7 heteroatoms. The van der Waals surface area contributed by atoms with Crippen molar-refractivity contribution in [2.45, 2.75) is 19.9 Å². The lowest BCUT2D eigenvalue weighted by atomic mass is 10.0. The van der Waals surface area contributed by atoms with Crippen molar-refractivity contribution in [2.75, 3.05) is 0 Å². The molecule has 1 heterocycles. The Labute approximate surface area is 161 Å². The van der Waals surface area contributed by atoms with Gasteiger partial charge in [-0.2, -0.15) is 0 Å². The zero-order chi connectivity index (χ0) is 20.3. The van der Waals surface area contributed by atoms with Crippen molar-refractivity contribution in [1.29, 1.82) is 0 Å². The standard InChI is InChI=1S/C21H18N2O5/c1-2-17-19(21(25)26)18(13-24)22(12-14-6-4-3-5-7-14)20(17)15-8-10-16(11-9-15)23(27)28/h3-11,13H,2,12H2,1H3,(H,25,26). The molecule has 3 rings (SSSR count). The molecular weight excluding hydrogens is 360 g/mol. The molecule has 0 saturated heterocycles. The third-order valence-electron chi connectivity index (χ3n) is 4.62. The minimum absolute atomic E-state index is 0.0261. The number of carboxylic acids is 1. The molecular formula is C21H18N2O5. The fourth-order valence-corrected chi connectivity index (χ4v) is 3.40. The summed E-state index contributed by atoms with van der Waals surface area (Å²) in [5.74, 6) is -1.17. The maximum Gasteiger partial charge on any atom is 0.338 e. The fourth-order valence-electron chi connectivity index (χ4n) is 3.40. The number of hydrogen-bond acceptors (Lipinski definition) is 4. The Kier molecular flexibility index (Phi) is 5.35. The van der Waals surface area contributed by atoms with E-state index in [0.29, 0.717) is 36.1 Å². The molecule has 3 aromatic rings.